The van der Waals surface area contributed by atoms with Crippen molar-refractivity contribution < 1.29 is 19.3 Å². The molecular formula is C7H12O4. The van der Waals surface area contributed by atoms with Gasteiger partial charge in [0.2, 0.25) is 0 Å². The van der Waals surface area contributed by atoms with Crippen LogP contribution in [-0.2, 0) is 14.2 Å². The Labute approximate surface area is 65.1 Å². The first-order valence-corrected chi connectivity index (χ1v) is 3.79. The molecule has 2 fully saturated rings. The van der Waals surface area contributed by atoms with Crippen LogP contribution in [0.3, 0.4) is 0 Å². The SMILES string of the molecule is CO[C@@H]1O[C@H](CO)C[C@@H]2O[C@H]12. The van der Waals surface area contributed by atoms with Crippen molar-refractivity contribution in [1.82, 2.24) is 0 Å². The number of hydrogen-bond donors (Lipinski definition) is 1. The highest BCUT2D eigenvalue weighted by atomic mass is 16.7. The van der Waals surface area contributed by atoms with Crippen molar-refractivity contribution in [2.75, 3.05) is 13.7 Å². The van der Waals surface area contributed by atoms with Gasteiger partial charge in [-0.05, 0) is 0 Å². The number of rotatable bonds is 2. The summed E-state index contributed by atoms with van der Waals surface area (Å²) in [4.78, 5) is 0. The Kier molecular flexibility index (Phi) is 1.85. The van der Waals surface area contributed by atoms with Crippen LogP contribution in [0.1, 0.15) is 6.42 Å². The van der Waals surface area contributed by atoms with Crippen LogP contribution in [0.15, 0.2) is 0 Å². The summed E-state index contributed by atoms with van der Waals surface area (Å²) in [7, 11) is 1.59. The van der Waals surface area contributed by atoms with Gasteiger partial charge in [-0.15, -0.1) is 0 Å². The summed E-state index contributed by atoms with van der Waals surface area (Å²) in [5, 5.41) is 8.80. The molecule has 0 aliphatic carbocycles. The van der Waals surface area contributed by atoms with E-state index in [1.165, 1.54) is 0 Å². The minimum absolute atomic E-state index is 0.0481. The Hall–Kier alpha value is -0.160. The van der Waals surface area contributed by atoms with Crippen molar-refractivity contribution in [3.05, 3.63) is 0 Å². The molecule has 2 aliphatic rings. The zero-order valence-electron chi connectivity index (χ0n) is 6.40. The number of aliphatic hydroxyl groups excluding tert-OH is 1. The van der Waals surface area contributed by atoms with Gasteiger partial charge in [-0.25, -0.2) is 0 Å². The lowest BCUT2D eigenvalue weighted by molar-refractivity contribution is -0.181. The van der Waals surface area contributed by atoms with Crippen LogP contribution in [0.4, 0.5) is 0 Å². The molecule has 0 aromatic rings. The molecule has 2 heterocycles. The Morgan fingerprint density at radius 1 is 1.55 bits per heavy atom. The van der Waals surface area contributed by atoms with Crippen LogP contribution in [0.5, 0.6) is 0 Å². The minimum Gasteiger partial charge on any atom is -0.394 e. The quantitative estimate of drug-likeness (QED) is 0.554. The Balaban J connectivity index is 1.92. The molecule has 0 aromatic carbocycles. The molecule has 4 atom stereocenters. The Morgan fingerprint density at radius 3 is 3.00 bits per heavy atom. The van der Waals surface area contributed by atoms with Crippen molar-refractivity contribution in [1.29, 1.82) is 0 Å². The summed E-state index contributed by atoms with van der Waals surface area (Å²) in [6.07, 6.45) is 0.782. The van der Waals surface area contributed by atoms with E-state index in [-0.39, 0.29) is 31.2 Å². The number of epoxide rings is 1. The number of fused-ring (bicyclic) bond motifs is 1. The van der Waals surface area contributed by atoms with Crippen LogP contribution >= 0.6 is 0 Å². The fourth-order valence-corrected chi connectivity index (χ4v) is 1.47. The third-order valence-corrected chi connectivity index (χ3v) is 2.15. The van der Waals surface area contributed by atoms with E-state index < -0.39 is 0 Å². The first kappa shape index (κ1) is 7.49. The highest BCUT2D eigenvalue weighted by molar-refractivity contribution is 4.93. The second-order valence-corrected chi connectivity index (χ2v) is 2.92. The molecule has 4 heteroatoms. The zero-order chi connectivity index (χ0) is 7.84. The predicted octanol–water partition coefficient (Wildman–Crippen LogP) is -0.493. The van der Waals surface area contributed by atoms with Gasteiger partial charge < -0.3 is 19.3 Å². The van der Waals surface area contributed by atoms with E-state index in [1.807, 2.05) is 0 Å². The van der Waals surface area contributed by atoms with Crippen molar-refractivity contribution in [3.8, 4) is 0 Å². The lowest BCUT2D eigenvalue weighted by Gasteiger charge is -2.24. The molecule has 0 amide bonds. The van der Waals surface area contributed by atoms with Crippen LogP contribution in [0.25, 0.3) is 0 Å². The molecule has 2 saturated heterocycles. The van der Waals surface area contributed by atoms with Gasteiger partial charge in [-0.2, -0.15) is 0 Å². The normalized spacial score (nSPS) is 48.5. The molecule has 0 radical (unpaired) electrons. The summed E-state index contributed by atoms with van der Waals surface area (Å²) in [5.41, 5.74) is 0. The van der Waals surface area contributed by atoms with Gasteiger partial charge in [0.1, 0.15) is 6.10 Å². The van der Waals surface area contributed by atoms with Gasteiger partial charge in [-0.1, -0.05) is 0 Å². The van der Waals surface area contributed by atoms with Crippen molar-refractivity contribution in [3.63, 3.8) is 0 Å². The third kappa shape index (κ3) is 1.27. The molecule has 64 valence electrons. The highest BCUT2D eigenvalue weighted by Crippen LogP contribution is 2.36. The summed E-state index contributed by atoms with van der Waals surface area (Å²) in [6, 6.07) is 0. The monoisotopic (exact) mass is 160 g/mol. The van der Waals surface area contributed by atoms with E-state index in [0.29, 0.717) is 0 Å². The molecule has 4 nitrogen and oxygen atoms in total. The summed E-state index contributed by atoms with van der Waals surface area (Å²) in [5.74, 6) is 0. The summed E-state index contributed by atoms with van der Waals surface area (Å²) < 4.78 is 15.6. The van der Waals surface area contributed by atoms with Gasteiger partial charge in [-0.3, -0.25) is 0 Å². The summed E-state index contributed by atoms with van der Waals surface area (Å²) in [6.45, 7) is 0.0481. The fourth-order valence-electron chi connectivity index (χ4n) is 1.47. The van der Waals surface area contributed by atoms with E-state index in [9.17, 15) is 0 Å². The van der Waals surface area contributed by atoms with E-state index in [2.05, 4.69) is 0 Å². The molecule has 2 rings (SSSR count). The fraction of sp³-hybridized carbons (Fsp3) is 1.00. The molecular weight excluding hydrogens is 148 g/mol. The smallest absolute Gasteiger partial charge is 0.186 e. The molecule has 0 unspecified atom stereocenters. The molecule has 11 heavy (non-hydrogen) atoms. The number of hydrogen-bond acceptors (Lipinski definition) is 4. The topological polar surface area (TPSA) is 51.2 Å². The highest BCUT2D eigenvalue weighted by Gasteiger charge is 2.51. The number of methoxy groups -OCH3 is 1. The molecule has 2 aliphatic heterocycles. The average molecular weight is 160 g/mol. The van der Waals surface area contributed by atoms with Gasteiger partial charge in [0.05, 0.1) is 18.8 Å². The second kappa shape index (κ2) is 2.71. The van der Waals surface area contributed by atoms with Crippen LogP contribution < -0.4 is 0 Å². The largest absolute Gasteiger partial charge is 0.394 e. The third-order valence-electron chi connectivity index (χ3n) is 2.15. The van der Waals surface area contributed by atoms with Gasteiger partial charge >= 0.3 is 0 Å². The predicted molar refractivity (Wildman–Crippen MR) is 36.0 cm³/mol. The molecule has 0 aromatic heterocycles. The molecule has 0 bridgehead atoms. The first-order valence-electron chi connectivity index (χ1n) is 3.79. The standard InChI is InChI=1S/C7H12O4/c1-9-7-6-5(11-6)2-4(3-8)10-7/h4-8H,2-3H2,1H3/t4-,5-,6-,7+/m0/s1. The maximum atomic E-state index is 8.80. The molecule has 0 saturated carbocycles. The molecule has 0 spiro atoms. The average Bonchev–Trinajstić information content (AvgIpc) is 2.80. The lowest BCUT2D eigenvalue weighted by atomic mass is 10.1. The Bertz CT molecular complexity index is 149. The maximum absolute atomic E-state index is 8.80. The van der Waals surface area contributed by atoms with Crippen LogP contribution in [-0.4, -0.2) is 43.4 Å². The van der Waals surface area contributed by atoms with E-state index >= 15 is 0 Å². The number of ether oxygens (including phenoxy) is 3. The van der Waals surface area contributed by atoms with Crippen molar-refractivity contribution in [2.24, 2.45) is 0 Å². The number of aliphatic hydroxyl groups is 1. The maximum Gasteiger partial charge on any atom is 0.186 e. The van der Waals surface area contributed by atoms with E-state index in [4.69, 9.17) is 19.3 Å². The zero-order valence-corrected chi connectivity index (χ0v) is 6.40. The van der Waals surface area contributed by atoms with Crippen molar-refractivity contribution >= 4 is 0 Å². The minimum atomic E-state index is -0.272. The van der Waals surface area contributed by atoms with Gasteiger partial charge in [0, 0.05) is 13.5 Å². The second-order valence-electron chi connectivity index (χ2n) is 2.92. The molecule has 1 N–H and O–H groups in total. The Morgan fingerprint density at radius 2 is 2.36 bits per heavy atom. The van der Waals surface area contributed by atoms with E-state index in [0.717, 1.165) is 6.42 Å². The first-order chi connectivity index (χ1) is 5.35. The van der Waals surface area contributed by atoms with Crippen molar-refractivity contribution in [2.45, 2.75) is 31.0 Å². The summed E-state index contributed by atoms with van der Waals surface area (Å²) >= 11 is 0. The van der Waals surface area contributed by atoms with Gasteiger partial charge in [0.15, 0.2) is 6.29 Å². The van der Waals surface area contributed by atoms with Gasteiger partial charge in [0.25, 0.3) is 0 Å². The van der Waals surface area contributed by atoms with Crippen LogP contribution in [0.2, 0.25) is 0 Å². The lowest BCUT2D eigenvalue weighted by Crippen LogP contribution is -2.36. The van der Waals surface area contributed by atoms with Crippen LogP contribution in [0, 0.1) is 0 Å². The van der Waals surface area contributed by atoms with E-state index in [1.54, 1.807) is 7.11 Å².